The largest absolute Gasteiger partial charge is 0.351 e. The first-order valence-corrected chi connectivity index (χ1v) is 11.5. The maximum atomic E-state index is 14.7. The maximum absolute atomic E-state index is 14.7. The predicted octanol–water partition coefficient (Wildman–Crippen LogP) is 5.58. The van der Waals surface area contributed by atoms with Gasteiger partial charge < -0.3 is 15.5 Å². The summed E-state index contributed by atoms with van der Waals surface area (Å²) < 4.78 is 14.7. The number of nitrogens with zero attached hydrogens (tertiary/aromatic N) is 1. The van der Waals surface area contributed by atoms with Gasteiger partial charge in [-0.2, -0.15) is 0 Å². The van der Waals surface area contributed by atoms with Crippen LogP contribution in [-0.4, -0.2) is 43.9 Å². The molecule has 2 amide bonds. The van der Waals surface area contributed by atoms with Gasteiger partial charge in [0, 0.05) is 43.3 Å². The summed E-state index contributed by atoms with van der Waals surface area (Å²) in [5.74, 6) is -1.32. The second kappa shape index (κ2) is 11.8. The van der Waals surface area contributed by atoms with Crippen molar-refractivity contribution in [2.45, 2.75) is 39.2 Å². The number of hydrogen-bond acceptors (Lipinski definition) is 3. The van der Waals surface area contributed by atoms with Crippen LogP contribution < -0.4 is 10.6 Å². The third-order valence-corrected chi connectivity index (χ3v) is 5.81. The molecule has 5 nitrogen and oxygen atoms in total. The van der Waals surface area contributed by atoms with Crippen molar-refractivity contribution in [2.75, 3.05) is 26.0 Å². The van der Waals surface area contributed by atoms with E-state index in [1.54, 1.807) is 50.5 Å². The zero-order valence-corrected chi connectivity index (χ0v) is 21.2. The fourth-order valence-corrected chi connectivity index (χ4v) is 4.31. The summed E-state index contributed by atoms with van der Waals surface area (Å²) in [6.07, 6.45) is 1.54. The van der Waals surface area contributed by atoms with Crippen LogP contribution in [0.5, 0.6) is 0 Å². The van der Waals surface area contributed by atoms with Crippen LogP contribution in [0.4, 0.5) is 10.1 Å². The van der Waals surface area contributed by atoms with Crippen LogP contribution in [0.1, 0.15) is 38.7 Å². The molecule has 0 bridgehead atoms. The molecule has 1 aliphatic rings. The summed E-state index contributed by atoms with van der Waals surface area (Å²) in [6.45, 7) is 6.92. The van der Waals surface area contributed by atoms with E-state index < -0.39 is 11.7 Å². The first kappa shape index (κ1) is 27.1. The van der Waals surface area contributed by atoms with E-state index in [0.717, 1.165) is 12.8 Å². The lowest BCUT2D eigenvalue weighted by Crippen LogP contribution is -2.38. The molecule has 3 rings (SSSR count). The molecule has 1 aliphatic heterocycles. The molecule has 33 heavy (non-hydrogen) atoms. The molecule has 3 unspecified atom stereocenters. The average Bonchev–Trinajstić information content (AvgIpc) is 3.12. The number of nitrogens with one attached hydrogen (secondary N) is 2. The Kier molecular flexibility index (Phi) is 9.70. The highest BCUT2D eigenvalue weighted by Gasteiger charge is 2.43. The van der Waals surface area contributed by atoms with Crippen LogP contribution in [0.25, 0.3) is 0 Å². The summed E-state index contributed by atoms with van der Waals surface area (Å²) in [6, 6.07) is 11.9. The number of carbonyl (C=O) groups excluding carboxylic acids is 2. The monoisotopic (exact) mass is 495 g/mol. The van der Waals surface area contributed by atoms with Crippen LogP contribution >= 0.6 is 23.2 Å². The molecule has 180 valence electrons. The number of rotatable bonds is 5. The fraction of sp³-hybridized carbons (Fsp3) is 0.440. The van der Waals surface area contributed by atoms with E-state index in [1.165, 1.54) is 11.0 Å². The van der Waals surface area contributed by atoms with Crippen LogP contribution in [0, 0.1) is 17.2 Å². The van der Waals surface area contributed by atoms with Crippen molar-refractivity contribution < 1.29 is 14.0 Å². The molecule has 1 heterocycles. The summed E-state index contributed by atoms with van der Waals surface area (Å²) in [5.41, 5.74) is 1.13. The Hall–Kier alpha value is -2.15. The Morgan fingerprint density at radius 3 is 2.42 bits per heavy atom. The van der Waals surface area contributed by atoms with Gasteiger partial charge >= 0.3 is 0 Å². The van der Waals surface area contributed by atoms with Gasteiger partial charge in [0.1, 0.15) is 5.82 Å². The summed E-state index contributed by atoms with van der Waals surface area (Å²) in [7, 11) is 3.38. The summed E-state index contributed by atoms with van der Waals surface area (Å²) >= 11 is 12.0. The van der Waals surface area contributed by atoms with Gasteiger partial charge in [-0.1, -0.05) is 62.2 Å². The minimum absolute atomic E-state index is 0.0218. The number of anilines is 1. The normalized spacial score (nSPS) is 19.9. The molecule has 0 saturated carbocycles. The Balaban J connectivity index is 0.000000696. The molecule has 0 aromatic heterocycles. The molecule has 2 aromatic carbocycles. The SMILES string of the molecule is CC(C)(C)CC1NCC(c2cccc(Cl)c2F)C1C(=O)Nc1cccc(Cl)c1.CN(C)C=O. The molecule has 0 spiro atoms. The first-order chi connectivity index (χ1) is 15.4. The molecular weight excluding hydrogens is 464 g/mol. The molecule has 0 radical (unpaired) electrons. The van der Waals surface area contributed by atoms with Gasteiger partial charge in [-0.3, -0.25) is 9.59 Å². The maximum Gasteiger partial charge on any atom is 0.229 e. The van der Waals surface area contributed by atoms with Crippen molar-refractivity contribution in [3.05, 3.63) is 63.9 Å². The highest BCUT2D eigenvalue weighted by atomic mass is 35.5. The van der Waals surface area contributed by atoms with E-state index in [0.29, 0.717) is 22.8 Å². The van der Waals surface area contributed by atoms with Crippen molar-refractivity contribution in [2.24, 2.45) is 11.3 Å². The van der Waals surface area contributed by atoms with E-state index in [4.69, 9.17) is 23.2 Å². The smallest absolute Gasteiger partial charge is 0.229 e. The first-order valence-electron chi connectivity index (χ1n) is 10.8. The molecule has 0 aliphatic carbocycles. The van der Waals surface area contributed by atoms with Gasteiger partial charge in [0.25, 0.3) is 0 Å². The van der Waals surface area contributed by atoms with Gasteiger partial charge in [-0.05, 0) is 41.7 Å². The molecule has 2 aromatic rings. The number of halogens is 3. The highest BCUT2D eigenvalue weighted by molar-refractivity contribution is 6.31. The van der Waals surface area contributed by atoms with E-state index >= 15 is 0 Å². The van der Waals surface area contributed by atoms with Crippen LogP contribution in [0.15, 0.2) is 42.5 Å². The predicted molar refractivity (Wildman–Crippen MR) is 133 cm³/mol. The van der Waals surface area contributed by atoms with E-state index in [9.17, 15) is 14.0 Å². The number of hydrogen-bond donors (Lipinski definition) is 2. The Bertz CT molecular complexity index is 963. The van der Waals surface area contributed by atoms with Gasteiger partial charge in [-0.15, -0.1) is 0 Å². The molecular formula is C25H32Cl2FN3O2. The van der Waals surface area contributed by atoms with Crippen molar-refractivity contribution >= 4 is 41.2 Å². The zero-order chi connectivity index (χ0) is 24.8. The van der Waals surface area contributed by atoms with Crippen molar-refractivity contribution in [3.63, 3.8) is 0 Å². The quantitative estimate of drug-likeness (QED) is 0.531. The van der Waals surface area contributed by atoms with Gasteiger partial charge in [0.2, 0.25) is 12.3 Å². The summed E-state index contributed by atoms with van der Waals surface area (Å²) in [5, 5.41) is 7.02. The fourth-order valence-electron chi connectivity index (χ4n) is 3.94. The van der Waals surface area contributed by atoms with Gasteiger partial charge in [-0.25, -0.2) is 4.39 Å². The average molecular weight is 496 g/mol. The van der Waals surface area contributed by atoms with Gasteiger partial charge in [0.15, 0.2) is 0 Å². The highest BCUT2D eigenvalue weighted by Crippen LogP contribution is 2.39. The lowest BCUT2D eigenvalue weighted by molar-refractivity contribution is -0.120. The van der Waals surface area contributed by atoms with Crippen molar-refractivity contribution in [1.29, 1.82) is 0 Å². The second-order valence-electron chi connectivity index (χ2n) is 9.62. The van der Waals surface area contributed by atoms with E-state index in [1.807, 2.05) is 0 Å². The van der Waals surface area contributed by atoms with Crippen molar-refractivity contribution in [1.82, 2.24) is 10.2 Å². The summed E-state index contributed by atoms with van der Waals surface area (Å²) in [4.78, 5) is 24.1. The molecule has 1 fully saturated rings. The minimum Gasteiger partial charge on any atom is -0.351 e. The topological polar surface area (TPSA) is 61.4 Å². The second-order valence-corrected chi connectivity index (χ2v) is 10.5. The van der Waals surface area contributed by atoms with Crippen LogP contribution in [0.2, 0.25) is 10.0 Å². The van der Waals surface area contributed by atoms with E-state index in [-0.39, 0.29) is 28.3 Å². The molecule has 8 heteroatoms. The third kappa shape index (κ3) is 7.98. The lowest BCUT2D eigenvalue weighted by atomic mass is 9.78. The van der Waals surface area contributed by atoms with Crippen LogP contribution in [0.3, 0.4) is 0 Å². The number of carbonyl (C=O) groups is 2. The Labute approximate surface area is 205 Å². The molecule has 1 saturated heterocycles. The zero-order valence-electron chi connectivity index (χ0n) is 19.7. The minimum atomic E-state index is -0.451. The molecule has 3 atom stereocenters. The number of amides is 2. The standard InChI is InChI=1S/C22H25Cl2FN2O.C3H7NO/c1-22(2,3)11-18-19(21(28)27-14-7-4-6-13(23)10-14)16(12-26-18)15-8-5-9-17(24)20(15)25;1-4(2)3-5/h4-10,16,18-19,26H,11-12H2,1-3H3,(H,27,28);3H,1-2H3. The van der Waals surface area contributed by atoms with Crippen molar-refractivity contribution in [3.8, 4) is 0 Å². The molecule has 2 N–H and O–H groups in total. The Morgan fingerprint density at radius 1 is 1.21 bits per heavy atom. The third-order valence-electron chi connectivity index (χ3n) is 5.29. The van der Waals surface area contributed by atoms with Crippen LogP contribution in [-0.2, 0) is 9.59 Å². The lowest BCUT2D eigenvalue weighted by Gasteiger charge is -2.29. The number of benzene rings is 2. The van der Waals surface area contributed by atoms with E-state index in [2.05, 4.69) is 31.4 Å². The Morgan fingerprint density at radius 2 is 1.85 bits per heavy atom. The van der Waals surface area contributed by atoms with Gasteiger partial charge in [0.05, 0.1) is 10.9 Å².